The molecule has 0 bridgehead atoms. The van der Waals surface area contributed by atoms with Crippen LogP contribution in [-0.2, 0) is 4.74 Å². The molecule has 1 aliphatic heterocycles. The monoisotopic (exact) mass is 263 g/mol. The highest BCUT2D eigenvalue weighted by atomic mass is 32.2. The van der Waals surface area contributed by atoms with Gasteiger partial charge in [0.05, 0.1) is 12.6 Å². The predicted molar refractivity (Wildman–Crippen MR) is 77.9 cm³/mol. The largest absolute Gasteiger partial charge is 0.496 e. The van der Waals surface area contributed by atoms with Crippen molar-refractivity contribution in [2.75, 3.05) is 19.4 Å². The summed E-state index contributed by atoms with van der Waals surface area (Å²) in [4.78, 5) is 1.32. The van der Waals surface area contributed by atoms with Crippen LogP contribution in [0.4, 0.5) is 0 Å². The van der Waals surface area contributed by atoms with Gasteiger partial charge >= 0.3 is 0 Å². The van der Waals surface area contributed by atoms with Crippen molar-refractivity contribution in [3.8, 4) is 0 Å². The van der Waals surface area contributed by atoms with Crippen molar-refractivity contribution in [1.82, 2.24) is 5.32 Å². The molecule has 0 radical (unpaired) electrons. The second-order valence-electron chi connectivity index (χ2n) is 4.37. The van der Waals surface area contributed by atoms with E-state index in [0.717, 1.165) is 31.8 Å². The summed E-state index contributed by atoms with van der Waals surface area (Å²) in [5, 5.41) is 3.60. The van der Waals surface area contributed by atoms with Crippen molar-refractivity contribution >= 4 is 11.8 Å². The first-order valence-corrected chi connectivity index (χ1v) is 7.78. The van der Waals surface area contributed by atoms with E-state index in [9.17, 15) is 0 Å². The lowest BCUT2D eigenvalue weighted by Crippen LogP contribution is -2.24. The molecule has 0 saturated heterocycles. The summed E-state index contributed by atoms with van der Waals surface area (Å²) in [6, 6.07) is 8.77. The quantitative estimate of drug-likeness (QED) is 0.790. The molecule has 2 rings (SSSR count). The van der Waals surface area contributed by atoms with Gasteiger partial charge in [-0.3, -0.25) is 0 Å². The van der Waals surface area contributed by atoms with E-state index in [4.69, 9.17) is 4.74 Å². The van der Waals surface area contributed by atoms with Crippen LogP contribution >= 0.6 is 11.8 Å². The van der Waals surface area contributed by atoms with Gasteiger partial charge in [-0.05, 0) is 36.9 Å². The first-order chi connectivity index (χ1) is 8.86. The fraction of sp³-hybridized carbons (Fsp3) is 0.467. The van der Waals surface area contributed by atoms with E-state index in [1.165, 1.54) is 10.5 Å². The molecule has 0 saturated carbocycles. The zero-order valence-electron chi connectivity index (χ0n) is 11.1. The van der Waals surface area contributed by atoms with E-state index in [1.807, 2.05) is 0 Å². The maximum absolute atomic E-state index is 5.76. The van der Waals surface area contributed by atoms with Gasteiger partial charge in [0.2, 0.25) is 0 Å². The Hall–Kier alpha value is -0.930. The highest BCUT2D eigenvalue weighted by Crippen LogP contribution is 2.32. The first kappa shape index (κ1) is 13.5. The van der Waals surface area contributed by atoms with Crippen LogP contribution in [0.25, 0.3) is 0 Å². The van der Waals surface area contributed by atoms with E-state index in [-0.39, 0.29) is 6.04 Å². The maximum atomic E-state index is 5.76. The third-order valence-electron chi connectivity index (χ3n) is 3.07. The van der Waals surface area contributed by atoms with Gasteiger partial charge in [0.1, 0.15) is 5.76 Å². The highest BCUT2D eigenvalue weighted by Gasteiger charge is 2.22. The van der Waals surface area contributed by atoms with Gasteiger partial charge in [0.15, 0.2) is 0 Å². The van der Waals surface area contributed by atoms with E-state index >= 15 is 0 Å². The molecule has 0 amide bonds. The molecule has 3 heteroatoms. The molecule has 1 aromatic rings. The third-order valence-corrected chi connectivity index (χ3v) is 3.88. The average molecular weight is 263 g/mol. The summed E-state index contributed by atoms with van der Waals surface area (Å²) in [5.74, 6) is 1.09. The van der Waals surface area contributed by atoms with Gasteiger partial charge in [0, 0.05) is 11.3 Å². The van der Waals surface area contributed by atoms with Crippen molar-refractivity contribution < 1.29 is 4.74 Å². The Morgan fingerprint density at radius 1 is 1.39 bits per heavy atom. The van der Waals surface area contributed by atoms with Crippen LogP contribution in [0.5, 0.6) is 0 Å². The topological polar surface area (TPSA) is 21.3 Å². The normalized spacial score (nSPS) is 16.2. The Morgan fingerprint density at radius 2 is 2.22 bits per heavy atom. The fourth-order valence-corrected chi connectivity index (χ4v) is 2.83. The predicted octanol–water partition coefficient (Wildman–Crippen LogP) is 3.75. The molecule has 0 fully saturated rings. The second-order valence-corrected chi connectivity index (χ2v) is 5.22. The third kappa shape index (κ3) is 3.09. The summed E-state index contributed by atoms with van der Waals surface area (Å²) in [6.07, 6.45) is 6.50. The molecule has 0 spiro atoms. The SMILES string of the molecule is CCCNC(C1=CCCO1)c1ccccc1SC. The van der Waals surface area contributed by atoms with Crippen molar-refractivity contribution in [2.24, 2.45) is 0 Å². The minimum absolute atomic E-state index is 0.205. The van der Waals surface area contributed by atoms with Gasteiger partial charge in [0.25, 0.3) is 0 Å². The number of hydrogen-bond donors (Lipinski definition) is 1. The van der Waals surface area contributed by atoms with Crippen LogP contribution in [0, 0.1) is 0 Å². The summed E-state index contributed by atoms with van der Waals surface area (Å²) in [5.41, 5.74) is 1.33. The Kier molecular flexibility index (Phi) is 5.14. The molecule has 1 atom stereocenters. The molecule has 1 N–H and O–H groups in total. The Balaban J connectivity index is 2.26. The van der Waals surface area contributed by atoms with Gasteiger partial charge in [-0.2, -0.15) is 0 Å². The zero-order chi connectivity index (χ0) is 12.8. The number of thioether (sulfide) groups is 1. The van der Waals surface area contributed by atoms with E-state index in [1.54, 1.807) is 11.8 Å². The van der Waals surface area contributed by atoms with Gasteiger partial charge in [-0.1, -0.05) is 25.1 Å². The molecular weight excluding hydrogens is 242 g/mol. The van der Waals surface area contributed by atoms with E-state index in [0.29, 0.717) is 0 Å². The van der Waals surface area contributed by atoms with Crippen LogP contribution in [0.3, 0.4) is 0 Å². The average Bonchev–Trinajstić information content (AvgIpc) is 2.94. The van der Waals surface area contributed by atoms with Crippen molar-refractivity contribution in [2.45, 2.75) is 30.7 Å². The molecule has 1 aromatic carbocycles. The van der Waals surface area contributed by atoms with Crippen LogP contribution in [0.2, 0.25) is 0 Å². The second kappa shape index (κ2) is 6.86. The van der Waals surface area contributed by atoms with Gasteiger partial charge < -0.3 is 10.1 Å². The van der Waals surface area contributed by atoms with Crippen LogP contribution in [0.15, 0.2) is 41.0 Å². The van der Waals surface area contributed by atoms with Crippen molar-refractivity contribution in [3.63, 3.8) is 0 Å². The van der Waals surface area contributed by atoms with Crippen molar-refractivity contribution in [3.05, 3.63) is 41.7 Å². The zero-order valence-corrected chi connectivity index (χ0v) is 11.9. The Bertz CT molecular complexity index is 417. The van der Waals surface area contributed by atoms with E-state index in [2.05, 4.69) is 48.8 Å². The summed E-state index contributed by atoms with van der Waals surface area (Å²) < 4.78 is 5.76. The van der Waals surface area contributed by atoms with E-state index < -0.39 is 0 Å². The number of rotatable bonds is 6. The molecular formula is C15H21NOS. The molecule has 2 nitrogen and oxygen atoms in total. The van der Waals surface area contributed by atoms with Crippen LogP contribution in [-0.4, -0.2) is 19.4 Å². The fourth-order valence-electron chi connectivity index (χ4n) is 2.20. The smallest absolute Gasteiger partial charge is 0.114 e. The Labute approximate surface area is 114 Å². The highest BCUT2D eigenvalue weighted by molar-refractivity contribution is 7.98. The number of nitrogens with one attached hydrogen (secondary N) is 1. The summed E-state index contributed by atoms with van der Waals surface area (Å²) >= 11 is 1.79. The van der Waals surface area contributed by atoms with Crippen LogP contribution < -0.4 is 5.32 Å². The molecule has 1 aliphatic rings. The Morgan fingerprint density at radius 3 is 2.89 bits per heavy atom. The lowest BCUT2D eigenvalue weighted by atomic mass is 10.0. The van der Waals surface area contributed by atoms with Crippen LogP contribution in [0.1, 0.15) is 31.4 Å². The number of hydrogen-bond acceptors (Lipinski definition) is 3. The van der Waals surface area contributed by atoms with Gasteiger partial charge in [-0.25, -0.2) is 0 Å². The minimum atomic E-state index is 0.205. The standard InChI is InChI=1S/C15H21NOS/c1-3-10-16-15(13-8-6-11-17-13)12-7-4-5-9-14(12)18-2/h4-5,7-9,15-16H,3,6,10-11H2,1-2H3. The molecule has 1 unspecified atom stereocenters. The van der Waals surface area contributed by atoms with Crippen molar-refractivity contribution in [1.29, 1.82) is 0 Å². The number of benzene rings is 1. The summed E-state index contributed by atoms with van der Waals surface area (Å²) in [6.45, 7) is 4.02. The lowest BCUT2D eigenvalue weighted by Gasteiger charge is -2.22. The molecule has 18 heavy (non-hydrogen) atoms. The number of ether oxygens (including phenoxy) is 1. The molecule has 98 valence electrons. The minimum Gasteiger partial charge on any atom is -0.496 e. The summed E-state index contributed by atoms with van der Waals surface area (Å²) in [7, 11) is 0. The molecule has 0 aromatic heterocycles. The van der Waals surface area contributed by atoms with Gasteiger partial charge in [-0.15, -0.1) is 11.8 Å². The first-order valence-electron chi connectivity index (χ1n) is 6.56. The molecule has 1 heterocycles. The maximum Gasteiger partial charge on any atom is 0.114 e. The molecule has 0 aliphatic carbocycles. The lowest BCUT2D eigenvalue weighted by molar-refractivity contribution is 0.214.